The molecule has 0 aromatic heterocycles. The Morgan fingerprint density at radius 1 is 1.47 bits per heavy atom. The molecule has 1 aliphatic rings. The predicted molar refractivity (Wildman–Crippen MR) is 76.0 cm³/mol. The molecule has 102 valence electrons. The summed E-state index contributed by atoms with van der Waals surface area (Å²) in [6, 6.07) is 7.32. The quantitative estimate of drug-likeness (QED) is 0.826. The van der Waals surface area contributed by atoms with Gasteiger partial charge in [-0.25, -0.2) is 8.42 Å². The summed E-state index contributed by atoms with van der Waals surface area (Å²) < 4.78 is 27.6. The van der Waals surface area contributed by atoms with Gasteiger partial charge in [-0.2, -0.15) is 9.57 Å². The summed E-state index contributed by atoms with van der Waals surface area (Å²) >= 11 is 3.31. The van der Waals surface area contributed by atoms with Crippen LogP contribution >= 0.6 is 15.9 Å². The van der Waals surface area contributed by atoms with Gasteiger partial charge in [0.1, 0.15) is 0 Å². The Bertz CT molecular complexity index is 618. The fourth-order valence-electron chi connectivity index (χ4n) is 2.00. The van der Waals surface area contributed by atoms with Crippen LogP contribution < -0.4 is 0 Å². The van der Waals surface area contributed by atoms with Gasteiger partial charge in [-0.05, 0) is 37.5 Å². The summed E-state index contributed by atoms with van der Waals surface area (Å²) in [5, 5.41) is 8.67. The van der Waals surface area contributed by atoms with E-state index in [1.807, 2.05) is 12.1 Å². The van der Waals surface area contributed by atoms with Gasteiger partial charge in [-0.15, -0.1) is 0 Å². The van der Waals surface area contributed by atoms with Gasteiger partial charge in [0.15, 0.2) is 0 Å². The highest BCUT2D eigenvalue weighted by atomic mass is 79.9. The maximum absolute atomic E-state index is 12.7. The van der Waals surface area contributed by atoms with Gasteiger partial charge in [0.25, 0.3) is 0 Å². The molecule has 6 heteroatoms. The van der Waals surface area contributed by atoms with E-state index >= 15 is 0 Å². The summed E-state index contributed by atoms with van der Waals surface area (Å²) in [5.74, 6) is 0. The van der Waals surface area contributed by atoms with Crippen molar-refractivity contribution in [3.05, 3.63) is 28.2 Å². The third-order valence-electron chi connectivity index (χ3n) is 3.13. The van der Waals surface area contributed by atoms with E-state index in [0.29, 0.717) is 4.90 Å². The third-order valence-corrected chi connectivity index (χ3v) is 5.72. The smallest absolute Gasteiger partial charge is 0.207 e. The van der Waals surface area contributed by atoms with Gasteiger partial charge in [0.2, 0.25) is 10.0 Å². The molecule has 0 radical (unpaired) electrons. The Morgan fingerprint density at radius 3 is 2.74 bits per heavy atom. The van der Waals surface area contributed by atoms with E-state index in [4.69, 9.17) is 5.26 Å². The van der Waals surface area contributed by atoms with E-state index in [9.17, 15) is 8.42 Å². The normalized spacial score (nSPS) is 15.5. The molecule has 0 unspecified atom stereocenters. The van der Waals surface area contributed by atoms with Crippen LogP contribution in [0.15, 0.2) is 27.6 Å². The molecule has 0 bridgehead atoms. The third kappa shape index (κ3) is 3.16. The zero-order chi connectivity index (χ0) is 14.0. The molecule has 0 N–H and O–H groups in total. The van der Waals surface area contributed by atoms with Crippen molar-refractivity contribution in [1.82, 2.24) is 4.31 Å². The first kappa shape index (κ1) is 14.5. The average molecular weight is 343 g/mol. The van der Waals surface area contributed by atoms with Crippen LogP contribution in [0.1, 0.15) is 24.8 Å². The second-order valence-corrected chi connectivity index (χ2v) is 7.44. The van der Waals surface area contributed by atoms with E-state index < -0.39 is 10.0 Å². The van der Waals surface area contributed by atoms with Crippen molar-refractivity contribution >= 4 is 26.0 Å². The van der Waals surface area contributed by atoms with Crippen LogP contribution in [0.5, 0.6) is 0 Å². The zero-order valence-electron chi connectivity index (χ0n) is 10.6. The number of benzene rings is 1. The van der Waals surface area contributed by atoms with Crippen molar-refractivity contribution in [1.29, 1.82) is 5.26 Å². The van der Waals surface area contributed by atoms with E-state index in [1.165, 1.54) is 4.31 Å². The molecule has 2 rings (SSSR count). The molecule has 1 saturated carbocycles. The Kier molecular flexibility index (Phi) is 4.29. The number of aryl methyl sites for hydroxylation is 1. The Morgan fingerprint density at radius 2 is 2.16 bits per heavy atom. The van der Waals surface area contributed by atoms with E-state index in [2.05, 4.69) is 15.9 Å². The molecule has 1 aromatic carbocycles. The lowest BCUT2D eigenvalue weighted by molar-refractivity contribution is 0.410. The maximum atomic E-state index is 12.7. The van der Waals surface area contributed by atoms with Gasteiger partial charge in [0, 0.05) is 23.5 Å². The van der Waals surface area contributed by atoms with Gasteiger partial charge in [-0.3, -0.25) is 0 Å². The van der Waals surface area contributed by atoms with Crippen LogP contribution in [0.3, 0.4) is 0 Å². The highest BCUT2D eigenvalue weighted by molar-refractivity contribution is 9.10. The van der Waals surface area contributed by atoms with Gasteiger partial charge in [-0.1, -0.05) is 22.0 Å². The molecule has 0 aliphatic heterocycles. The Hall–Kier alpha value is -0.900. The lowest BCUT2D eigenvalue weighted by atomic mass is 10.2. The van der Waals surface area contributed by atoms with Crippen molar-refractivity contribution < 1.29 is 8.42 Å². The topological polar surface area (TPSA) is 61.2 Å². The van der Waals surface area contributed by atoms with Crippen molar-refractivity contribution in [3.63, 3.8) is 0 Å². The molecule has 1 aromatic rings. The lowest BCUT2D eigenvalue weighted by Crippen LogP contribution is -2.34. The second-order valence-electron chi connectivity index (χ2n) is 4.66. The highest BCUT2D eigenvalue weighted by Gasteiger charge is 2.38. The zero-order valence-corrected chi connectivity index (χ0v) is 13.0. The number of hydrogen-bond acceptors (Lipinski definition) is 3. The van der Waals surface area contributed by atoms with E-state index in [-0.39, 0.29) is 19.0 Å². The summed E-state index contributed by atoms with van der Waals surface area (Å²) in [5.41, 5.74) is 0.728. The fraction of sp³-hybridized carbons (Fsp3) is 0.462. The first-order chi connectivity index (χ1) is 8.96. The van der Waals surface area contributed by atoms with Crippen LogP contribution in [0.25, 0.3) is 0 Å². The van der Waals surface area contributed by atoms with Gasteiger partial charge in [0.05, 0.1) is 11.0 Å². The summed E-state index contributed by atoms with van der Waals surface area (Å²) in [6.07, 6.45) is 2.00. The van der Waals surface area contributed by atoms with Crippen LogP contribution in [-0.2, 0) is 10.0 Å². The molecule has 0 saturated heterocycles. The molecule has 4 nitrogen and oxygen atoms in total. The summed E-state index contributed by atoms with van der Waals surface area (Å²) in [6.45, 7) is 2.06. The number of nitrogens with zero attached hydrogens (tertiary/aromatic N) is 2. The minimum absolute atomic E-state index is 0.0664. The van der Waals surface area contributed by atoms with Crippen molar-refractivity contribution in [2.24, 2.45) is 0 Å². The van der Waals surface area contributed by atoms with Crippen molar-refractivity contribution in [2.45, 2.75) is 37.1 Å². The molecule has 19 heavy (non-hydrogen) atoms. The number of hydrogen-bond donors (Lipinski definition) is 0. The largest absolute Gasteiger partial charge is 0.243 e. The average Bonchev–Trinajstić information content (AvgIpc) is 3.17. The molecule has 0 atom stereocenters. The maximum Gasteiger partial charge on any atom is 0.243 e. The second kappa shape index (κ2) is 5.61. The van der Waals surface area contributed by atoms with Gasteiger partial charge < -0.3 is 0 Å². The number of rotatable bonds is 5. The number of halogens is 1. The highest BCUT2D eigenvalue weighted by Crippen LogP contribution is 2.33. The van der Waals surface area contributed by atoms with E-state index in [0.717, 1.165) is 22.9 Å². The SMILES string of the molecule is Cc1ccc(Br)cc1S(=O)(=O)N(CCC#N)C1CC1. The van der Waals surface area contributed by atoms with E-state index in [1.54, 1.807) is 19.1 Å². The summed E-state index contributed by atoms with van der Waals surface area (Å²) in [4.78, 5) is 0.326. The molecular formula is C13H15BrN2O2S. The molecule has 1 aliphatic carbocycles. The Balaban J connectivity index is 2.39. The van der Waals surface area contributed by atoms with Crippen LogP contribution in [0.2, 0.25) is 0 Å². The molecule has 0 heterocycles. The molecular weight excluding hydrogens is 328 g/mol. The van der Waals surface area contributed by atoms with Crippen LogP contribution in [0, 0.1) is 18.3 Å². The fourth-order valence-corrected chi connectivity index (χ4v) is 4.45. The standard InChI is InChI=1S/C13H15BrN2O2S/c1-10-3-4-11(14)9-13(10)19(17,18)16(8-2-7-15)12-5-6-12/h3-4,9,12H,2,5-6,8H2,1H3. The number of sulfonamides is 1. The molecule has 0 amide bonds. The molecule has 0 spiro atoms. The first-order valence-electron chi connectivity index (χ1n) is 6.12. The minimum atomic E-state index is -3.51. The Labute approximate surface area is 122 Å². The van der Waals surface area contributed by atoms with Crippen molar-refractivity contribution in [3.8, 4) is 6.07 Å². The minimum Gasteiger partial charge on any atom is -0.207 e. The lowest BCUT2D eigenvalue weighted by Gasteiger charge is -2.22. The molecule has 1 fully saturated rings. The monoisotopic (exact) mass is 342 g/mol. The van der Waals surface area contributed by atoms with Crippen LogP contribution in [-0.4, -0.2) is 25.3 Å². The van der Waals surface area contributed by atoms with Gasteiger partial charge >= 0.3 is 0 Å². The predicted octanol–water partition coefficient (Wildman–Crippen LogP) is 2.82. The first-order valence-corrected chi connectivity index (χ1v) is 8.35. The number of nitriles is 1. The van der Waals surface area contributed by atoms with Crippen LogP contribution in [0.4, 0.5) is 0 Å². The summed E-state index contributed by atoms with van der Waals surface area (Å²) in [7, 11) is -3.51. The van der Waals surface area contributed by atoms with Crippen molar-refractivity contribution in [2.75, 3.05) is 6.54 Å².